The van der Waals surface area contributed by atoms with Gasteiger partial charge in [-0.2, -0.15) is 0 Å². The number of hydrogen-bond acceptors (Lipinski definition) is 5. The van der Waals surface area contributed by atoms with Crippen LogP contribution in [-0.2, 0) is 14.3 Å². The molecule has 0 aliphatic carbocycles. The van der Waals surface area contributed by atoms with Crippen LogP contribution in [0.25, 0.3) is 0 Å². The molecule has 484 valence electrons. The molecule has 0 rings (SSSR count). The fraction of sp³-hybridized carbons (Fsp3) is 0.973. The third-order valence-electron chi connectivity index (χ3n) is 18.2. The Kier molecular flexibility index (Phi) is 70.3. The van der Waals surface area contributed by atoms with Gasteiger partial charge in [0.25, 0.3) is 0 Å². The van der Waals surface area contributed by atoms with Gasteiger partial charge in [-0.3, -0.25) is 9.59 Å². The molecule has 2 unspecified atom stereocenters. The fourth-order valence-corrected chi connectivity index (χ4v) is 12.4. The van der Waals surface area contributed by atoms with Crippen molar-refractivity contribution in [3.8, 4) is 0 Å². The van der Waals surface area contributed by atoms with Crippen LogP contribution >= 0.6 is 0 Å². The summed E-state index contributed by atoms with van der Waals surface area (Å²) >= 11 is 0. The summed E-state index contributed by atoms with van der Waals surface area (Å²) in [6.07, 6.45) is 87.5. The quantitative estimate of drug-likeness (QED) is 0.0417. The van der Waals surface area contributed by atoms with Gasteiger partial charge in [-0.1, -0.05) is 406 Å². The smallest absolute Gasteiger partial charge is 0.305 e. The zero-order valence-electron chi connectivity index (χ0n) is 55.6. The average Bonchev–Trinajstić information content (AvgIpc) is 3.47. The zero-order valence-corrected chi connectivity index (χ0v) is 55.6. The molecule has 3 N–H and O–H groups in total. The van der Waals surface area contributed by atoms with Gasteiger partial charge in [0, 0.05) is 12.8 Å². The summed E-state index contributed by atoms with van der Waals surface area (Å²) in [7, 11) is 0. The largest absolute Gasteiger partial charge is 0.466 e. The normalized spacial score (nSPS) is 12.4. The van der Waals surface area contributed by atoms with Crippen LogP contribution in [0.2, 0.25) is 0 Å². The number of aliphatic hydroxyl groups is 2. The van der Waals surface area contributed by atoms with Gasteiger partial charge in [0.1, 0.15) is 0 Å². The number of unbranched alkanes of at least 4 members (excludes halogenated alkanes) is 61. The highest BCUT2D eigenvalue weighted by molar-refractivity contribution is 5.76. The van der Waals surface area contributed by atoms with Crippen LogP contribution in [0.5, 0.6) is 0 Å². The molecule has 0 bridgehead atoms. The van der Waals surface area contributed by atoms with Crippen LogP contribution in [-0.4, -0.2) is 47.4 Å². The number of carbonyl (C=O) groups is 2. The molecular weight excluding hydrogens is 995 g/mol. The highest BCUT2D eigenvalue weighted by atomic mass is 16.5. The summed E-state index contributed by atoms with van der Waals surface area (Å²) < 4.78 is 5.49. The number of rotatable bonds is 72. The molecule has 6 nitrogen and oxygen atoms in total. The van der Waals surface area contributed by atoms with E-state index in [9.17, 15) is 19.8 Å². The number of carbonyl (C=O) groups excluding carboxylic acids is 2. The van der Waals surface area contributed by atoms with E-state index in [4.69, 9.17) is 4.74 Å². The molecule has 0 aliphatic rings. The van der Waals surface area contributed by atoms with Crippen molar-refractivity contribution in [3.63, 3.8) is 0 Å². The number of esters is 1. The number of amides is 1. The van der Waals surface area contributed by atoms with Gasteiger partial charge in [-0.15, -0.1) is 0 Å². The van der Waals surface area contributed by atoms with E-state index in [0.29, 0.717) is 25.9 Å². The molecule has 0 saturated carbocycles. The van der Waals surface area contributed by atoms with Crippen molar-refractivity contribution in [2.75, 3.05) is 13.2 Å². The van der Waals surface area contributed by atoms with E-state index in [2.05, 4.69) is 19.2 Å². The topological polar surface area (TPSA) is 95.9 Å². The first-order valence-electron chi connectivity index (χ1n) is 37.8. The van der Waals surface area contributed by atoms with Crippen molar-refractivity contribution in [2.24, 2.45) is 0 Å². The Hall–Kier alpha value is -1.14. The second kappa shape index (κ2) is 71.3. The standard InChI is InChI=1S/C75H149NO5/c1-3-5-7-9-11-13-15-17-18-19-20-21-29-32-35-38-41-44-47-51-55-59-63-67-73(78)72(71-77)76-74(79)68-64-60-56-52-48-45-42-39-36-33-30-27-25-23-22-24-26-28-31-34-37-40-43-46-50-54-58-62-66-70-81-75(80)69-65-61-57-53-49-16-14-12-10-8-6-4-2/h72-73,77-78H,3-71H2,1-2H3,(H,76,79). The minimum atomic E-state index is -0.662. The number of nitrogens with one attached hydrogen (secondary N) is 1. The Labute approximate surface area is 508 Å². The van der Waals surface area contributed by atoms with Gasteiger partial charge in [0.2, 0.25) is 5.91 Å². The molecule has 0 aromatic carbocycles. The zero-order chi connectivity index (χ0) is 58.5. The molecule has 2 atom stereocenters. The predicted molar refractivity (Wildman–Crippen MR) is 357 cm³/mol. The Morgan fingerprint density at radius 2 is 0.506 bits per heavy atom. The molecule has 1 amide bonds. The number of hydrogen-bond donors (Lipinski definition) is 3. The summed E-state index contributed by atoms with van der Waals surface area (Å²) in [5.74, 6) is -0.00364. The van der Waals surface area contributed by atoms with Crippen LogP contribution in [0.4, 0.5) is 0 Å². The van der Waals surface area contributed by atoms with Crippen molar-refractivity contribution >= 4 is 11.9 Å². The lowest BCUT2D eigenvalue weighted by Gasteiger charge is -2.22. The average molecular weight is 1150 g/mol. The molecule has 0 spiro atoms. The van der Waals surface area contributed by atoms with Crippen LogP contribution in [0.15, 0.2) is 0 Å². The summed E-state index contributed by atoms with van der Waals surface area (Å²) in [6.45, 7) is 5.01. The number of ether oxygens (including phenoxy) is 1. The van der Waals surface area contributed by atoms with Gasteiger partial charge in [-0.25, -0.2) is 0 Å². The first kappa shape index (κ1) is 79.9. The second-order valence-electron chi connectivity index (χ2n) is 26.4. The fourth-order valence-electron chi connectivity index (χ4n) is 12.4. The maximum atomic E-state index is 12.6. The van der Waals surface area contributed by atoms with E-state index >= 15 is 0 Å². The van der Waals surface area contributed by atoms with Crippen LogP contribution < -0.4 is 5.32 Å². The SMILES string of the molecule is CCCCCCCCCCCCCCCCCCCCCCCCCC(O)C(CO)NC(=O)CCCCCCCCCCCCCCCCCCCCCCCCCCCCCCCOC(=O)CCCCCCCCCCCCCC. The van der Waals surface area contributed by atoms with Crippen molar-refractivity contribution in [1.29, 1.82) is 0 Å². The highest BCUT2D eigenvalue weighted by Gasteiger charge is 2.20. The highest BCUT2D eigenvalue weighted by Crippen LogP contribution is 2.20. The maximum Gasteiger partial charge on any atom is 0.305 e. The van der Waals surface area contributed by atoms with E-state index in [1.807, 2.05) is 0 Å². The molecule has 0 radical (unpaired) electrons. The molecule has 0 aromatic rings. The maximum absolute atomic E-state index is 12.6. The first-order chi connectivity index (χ1) is 40.0. The lowest BCUT2D eigenvalue weighted by molar-refractivity contribution is -0.143. The predicted octanol–water partition coefficient (Wildman–Crippen LogP) is 24.5. The lowest BCUT2D eigenvalue weighted by atomic mass is 10.0. The minimum absolute atomic E-state index is 0.0216. The molecule has 6 heteroatoms. The van der Waals surface area contributed by atoms with Crippen LogP contribution in [0, 0.1) is 0 Å². The summed E-state index contributed by atoms with van der Waals surface area (Å²) in [4.78, 5) is 24.6. The molecular formula is C75H149NO5. The van der Waals surface area contributed by atoms with Gasteiger partial charge in [0.15, 0.2) is 0 Å². The van der Waals surface area contributed by atoms with E-state index in [1.165, 1.54) is 372 Å². The third kappa shape index (κ3) is 67.9. The Morgan fingerprint density at radius 3 is 0.753 bits per heavy atom. The molecule has 0 saturated heterocycles. The monoisotopic (exact) mass is 1140 g/mol. The molecule has 0 heterocycles. The van der Waals surface area contributed by atoms with E-state index in [-0.39, 0.29) is 18.5 Å². The van der Waals surface area contributed by atoms with Gasteiger partial charge < -0.3 is 20.3 Å². The summed E-state index contributed by atoms with van der Waals surface area (Å²) in [6, 6.07) is -0.539. The molecule has 81 heavy (non-hydrogen) atoms. The van der Waals surface area contributed by atoms with Crippen molar-refractivity contribution in [3.05, 3.63) is 0 Å². The molecule has 0 aliphatic heterocycles. The molecule has 0 aromatic heterocycles. The lowest BCUT2D eigenvalue weighted by Crippen LogP contribution is -2.45. The van der Waals surface area contributed by atoms with E-state index in [0.717, 1.165) is 38.5 Å². The van der Waals surface area contributed by atoms with Crippen molar-refractivity contribution in [2.45, 2.75) is 456 Å². The van der Waals surface area contributed by atoms with Gasteiger partial charge in [-0.05, 0) is 25.7 Å². The van der Waals surface area contributed by atoms with Crippen LogP contribution in [0.3, 0.4) is 0 Å². The number of aliphatic hydroxyl groups excluding tert-OH is 2. The molecule has 0 fully saturated rings. The van der Waals surface area contributed by atoms with E-state index in [1.54, 1.807) is 0 Å². The minimum Gasteiger partial charge on any atom is -0.466 e. The van der Waals surface area contributed by atoms with Crippen LogP contribution in [0.1, 0.15) is 444 Å². The van der Waals surface area contributed by atoms with Gasteiger partial charge >= 0.3 is 5.97 Å². The van der Waals surface area contributed by atoms with Gasteiger partial charge in [0.05, 0.1) is 25.4 Å². The Bertz CT molecular complexity index is 1180. The summed E-state index contributed by atoms with van der Waals surface area (Å²) in [5, 5.41) is 23.5. The second-order valence-corrected chi connectivity index (χ2v) is 26.4. The summed E-state index contributed by atoms with van der Waals surface area (Å²) in [5.41, 5.74) is 0. The Balaban J connectivity index is 3.33. The first-order valence-corrected chi connectivity index (χ1v) is 37.8. The van der Waals surface area contributed by atoms with Crippen molar-refractivity contribution < 1.29 is 24.5 Å². The third-order valence-corrected chi connectivity index (χ3v) is 18.2. The van der Waals surface area contributed by atoms with E-state index < -0.39 is 12.1 Å². The van der Waals surface area contributed by atoms with Crippen molar-refractivity contribution in [1.82, 2.24) is 5.32 Å². The Morgan fingerprint density at radius 1 is 0.296 bits per heavy atom.